The van der Waals surface area contributed by atoms with Gasteiger partial charge in [0.1, 0.15) is 18.0 Å². The van der Waals surface area contributed by atoms with Crippen LogP contribution >= 0.6 is 0 Å². The summed E-state index contributed by atoms with van der Waals surface area (Å²) in [5.41, 5.74) is 7.98. The van der Waals surface area contributed by atoms with Gasteiger partial charge in [0.05, 0.1) is 53.1 Å². The van der Waals surface area contributed by atoms with Gasteiger partial charge < -0.3 is 43.9 Å². The van der Waals surface area contributed by atoms with Crippen LogP contribution in [0.3, 0.4) is 0 Å². The summed E-state index contributed by atoms with van der Waals surface area (Å²) in [6.07, 6.45) is 2.17. The molecule has 0 unspecified atom stereocenters. The molecule has 2 aliphatic heterocycles. The number of ether oxygens (including phenoxy) is 7. The molecule has 13 nitrogen and oxygen atoms in total. The van der Waals surface area contributed by atoms with E-state index in [-0.39, 0.29) is 29.4 Å². The van der Waals surface area contributed by atoms with Gasteiger partial charge >= 0.3 is 11.9 Å². The molecule has 3 N–H and O–H groups in total. The number of aromatic amines is 1. The number of piperidine rings is 1. The highest BCUT2D eigenvalue weighted by Crippen LogP contribution is 2.51. The molecule has 1 aliphatic carbocycles. The smallest absolute Gasteiger partial charge is 0.338 e. The first-order chi connectivity index (χ1) is 22.8. The number of methoxy groups -OCH3 is 6. The Balaban J connectivity index is 0.00000139. The van der Waals surface area contributed by atoms with E-state index in [4.69, 9.17) is 38.4 Å². The Kier molecular flexibility index (Phi) is 10.3. The predicted molar refractivity (Wildman–Crippen MR) is 170 cm³/mol. The number of nitriles is 1. The molecule has 3 aliphatic rings. The van der Waals surface area contributed by atoms with Gasteiger partial charge in [-0.3, -0.25) is 9.69 Å². The van der Waals surface area contributed by atoms with Crippen LogP contribution in [0.5, 0.6) is 23.0 Å². The van der Waals surface area contributed by atoms with Crippen LogP contribution in [0.4, 0.5) is 0 Å². The second-order valence-electron chi connectivity index (χ2n) is 11.8. The van der Waals surface area contributed by atoms with Crippen LogP contribution in [0, 0.1) is 29.2 Å². The lowest BCUT2D eigenvalue weighted by Gasteiger charge is -2.52. The standard InChI is InChI=1S/C33H40N2O9.CH2N2/c1-38-19-7-8-20-21-9-10-35-16-18-13-27(44-32(36)17-11-25(39-2)30(41-4)26(12-17)40-3)31(42-5)28(33(37)43-6)22(18)15-24(35)29(21)34-23(20)14-19;2-1-3/h7-8,11-12,14,18,22,24,27-28,31,34H,9-10,13,15-16H2,1-6H3;2H2/t18-,22+,24-,27-,28+,31+;/m1./s1. The molecule has 47 heavy (non-hydrogen) atoms. The van der Waals surface area contributed by atoms with Crippen molar-refractivity contribution in [3.05, 3.63) is 47.2 Å². The molecule has 1 saturated carbocycles. The fourth-order valence-corrected chi connectivity index (χ4v) is 7.76. The summed E-state index contributed by atoms with van der Waals surface area (Å²) in [6, 6.07) is 9.40. The zero-order valence-corrected chi connectivity index (χ0v) is 27.5. The van der Waals surface area contributed by atoms with Gasteiger partial charge in [-0.05, 0) is 60.9 Å². The van der Waals surface area contributed by atoms with Crippen LogP contribution in [-0.4, -0.2) is 89.8 Å². The van der Waals surface area contributed by atoms with E-state index in [9.17, 15) is 9.59 Å². The molecule has 1 aromatic heterocycles. The van der Waals surface area contributed by atoms with Crippen molar-refractivity contribution in [2.24, 2.45) is 23.5 Å². The number of rotatable bonds is 8. The molecule has 6 atom stereocenters. The maximum absolute atomic E-state index is 13.5. The number of H-pyrrole nitrogens is 1. The fourth-order valence-electron chi connectivity index (χ4n) is 7.76. The molecule has 0 radical (unpaired) electrons. The average Bonchev–Trinajstić information content (AvgIpc) is 3.47. The number of carbonyl (C=O) groups is 2. The van der Waals surface area contributed by atoms with Crippen LogP contribution in [0.2, 0.25) is 0 Å². The van der Waals surface area contributed by atoms with E-state index in [1.165, 1.54) is 51.3 Å². The number of carbonyl (C=O) groups excluding carboxylic acids is 2. The van der Waals surface area contributed by atoms with Gasteiger partial charge in [0.2, 0.25) is 5.75 Å². The van der Waals surface area contributed by atoms with Crippen molar-refractivity contribution in [3.8, 4) is 29.2 Å². The van der Waals surface area contributed by atoms with Gasteiger partial charge in [-0.2, -0.15) is 5.26 Å². The number of hydrogen-bond acceptors (Lipinski definition) is 12. The van der Waals surface area contributed by atoms with Crippen molar-refractivity contribution in [1.82, 2.24) is 9.88 Å². The van der Waals surface area contributed by atoms with Gasteiger partial charge in [-0.15, -0.1) is 0 Å². The van der Waals surface area contributed by atoms with Crippen molar-refractivity contribution in [2.45, 2.75) is 37.5 Å². The molecule has 3 heterocycles. The summed E-state index contributed by atoms with van der Waals surface area (Å²) in [6.45, 7) is 1.68. The topological polar surface area (TPSA) is 168 Å². The number of esters is 2. The average molecular weight is 651 g/mol. The van der Waals surface area contributed by atoms with Crippen LogP contribution < -0.4 is 24.7 Å². The van der Waals surface area contributed by atoms with Crippen molar-refractivity contribution in [2.75, 3.05) is 55.7 Å². The largest absolute Gasteiger partial charge is 0.497 e. The van der Waals surface area contributed by atoms with Gasteiger partial charge in [-0.25, -0.2) is 4.79 Å². The van der Waals surface area contributed by atoms with E-state index in [2.05, 4.69) is 21.7 Å². The van der Waals surface area contributed by atoms with E-state index in [0.717, 1.165) is 37.2 Å². The number of hydrogen-bond donors (Lipinski definition) is 2. The lowest BCUT2D eigenvalue weighted by molar-refractivity contribution is -0.176. The monoisotopic (exact) mass is 650 g/mol. The van der Waals surface area contributed by atoms with Crippen molar-refractivity contribution >= 4 is 22.8 Å². The minimum Gasteiger partial charge on any atom is -0.497 e. The lowest BCUT2D eigenvalue weighted by Crippen LogP contribution is -2.58. The van der Waals surface area contributed by atoms with Crippen LogP contribution in [0.25, 0.3) is 10.9 Å². The second kappa shape index (κ2) is 14.4. The summed E-state index contributed by atoms with van der Waals surface area (Å²) in [4.78, 5) is 33.1. The molecule has 13 heteroatoms. The molecule has 3 aromatic rings. The number of aromatic nitrogens is 1. The number of fused-ring (bicyclic) bond motifs is 6. The Hall–Kier alpha value is -4.67. The molecule has 0 spiro atoms. The molecule has 1 saturated heterocycles. The molecule has 0 bridgehead atoms. The maximum Gasteiger partial charge on any atom is 0.338 e. The van der Waals surface area contributed by atoms with Crippen molar-refractivity contribution < 1.29 is 42.7 Å². The highest BCUT2D eigenvalue weighted by atomic mass is 16.6. The third-order valence-electron chi connectivity index (χ3n) is 9.76. The normalized spacial score (nSPS) is 24.6. The zero-order chi connectivity index (χ0) is 33.8. The summed E-state index contributed by atoms with van der Waals surface area (Å²) in [5, 5.41) is 8.31. The summed E-state index contributed by atoms with van der Waals surface area (Å²) < 4.78 is 39.1. The van der Waals surface area contributed by atoms with Crippen LogP contribution in [0.15, 0.2) is 30.3 Å². The Morgan fingerprint density at radius 2 is 1.68 bits per heavy atom. The maximum atomic E-state index is 13.5. The highest BCUT2D eigenvalue weighted by Gasteiger charge is 2.54. The molecule has 2 fully saturated rings. The predicted octanol–water partition coefficient (Wildman–Crippen LogP) is 3.60. The van der Waals surface area contributed by atoms with Gasteiger partial charge in [0.15, 0.2) is 17.7 Å². The Labute approximate surface area is 273 Å². The number of nitrogens with one attached hydrogen (secondary N) is 1. The zero-order valence-electron chi connectivity index (χ0n) is 27.5. The van der Waals surface area contributed by atoms with Gasteiger partial charge in [-0.1, -0.05) is 0 Å². The van der Waals surface area contributed by atoms with E-state index < -0.39 is 24.1 Å². The quantitative estimate of drug-likeness (QED) is 0.207. The van der Waals surface area contributed by atoms with Crippen molar-refractivity contribution in [3.63, 3.8) is 0 Å². The van der Waals surface area contributed by atoms with E-state index in [0.29, 0.717) is 23.7 Å². The van der Waals surface area contributed by atoms with Crippen LogP contribution in [0.1, 0.15) is 40.5 Å². The summed E-state index contributed by atoms with van der Waals surface area (Å²) >= 11 is 0. The van der Waals surface area contributed by atoms with Crippen molar-refractivity contribution in [1.29, 1.82) is 5.26 Å². The van der Waals surface area contributed by atoms with E-state index >= 15 is 0 Å². The first-order valence-electron chi connectivity index (χ1n) is 15.4. The third kappa shape index (κ3) is 6.23. The minimum atomic E-state index is -0.670. The van der Waals surface area contributed by atoms with E-state index in [1.54, 1.807) is 26.4 Å². The Morgan fingerprint density at radius 1 is 0.979 bits per heavy atom. The molecule has 252 valence electrons. The minimum absolute atomic E-state index is 0.0170. The molecule has 0 amide bonds. The number of nitrogens with two attached hydrogens (primary N) is 1. The van der Waals surface area contributed by atoms with E-state index in [1.807, 2.05) is 12.1 Å². The Bertz CT molecular complexity index is 1630. The fraction of sp³-hybridized carbons (Fsp3) is 0.500. The molecular weight excluding hydrogens is 608 g/mol. The number of nitrogens with zero attached hydrogens (tertiary/aromatic N) is 2. The highest BCUT2D eigenvalue weighted by molar-refractivity contribution is 5.91. The molecule has 2 aromatic carbocycles. The van der Waals surface area contributed by atoms with Gasteiger partial charge in [0.25, 0.3) is 0 Å². The first kappa shape index (κ1) is 33.7. The number of benzene rings is 2. The third-order valence-corrected chi connectivity index (χ3v) is 9.76. The van der Waals surface area contributed by atoms with Gasteiger partial charge in [0, 0.05) is 42.9 Å². The van der Waals surface area contributed by atoms with Crippen LogP contribution in [-0.2, 0) is 25.4 Å². The SMILES string of the molecule is COC(=O)[C@H]1[C@H]2C[C@@H]3c4[nH]c5cc(OC)ccc5c4CCN3C[C@H]2C[C@@H](OC(=O)c2cc(OC)c(OC)c(OC)c2)[C@@H]1OC.N#CN. The first-order valence-corrected chi connectivity index (χ1v) is 15.4. The lowest BCUT2D eigenvalue weighted by atomic mass is 9.63. The molecule has 6 rings (SSSR count). The summed E-state index contributed by atoms with van der Waals surface area (Å²) in [7, 11) is 9.10. The molecular formula is C34H42N4O9. The summed E-state index contributed by atoms with van der Waals surface area (Å²) in [5.74, 6) is 0.441. The Morgan fingerprint density at radius 3 is 2.28 bits per heavy atom. The second-order valence-corrected chi connectivity index (χ2v) is 11.8.